The Morgan fingerprint density at radius 2 is 0.574 bits per heavy atom. The molecule has 14 aromatic rings. The molecule has 5 heteroatoms. The number of rotatable bonds is 6. The van der Waals surface area contributed by atoms with Gasteiger partial charge in [0.1, 0.15) is 0 Å². The van der Waals surface area contributed by atoms with E-state index in [4.69, 9.17) is 15.0 Å². The Hall–Kier alpha value is -9.19. The minimum atomic E-state index is 0.634. The summed E-state index contributed by atoms with van der Waals surface area (Å²) in [5, 5.41) is 12.5. The van der Waals surface area contributed by atoms with Gasteiger partial charge in [-0.3, -0.25) is 0 Å². The van der Waals surface area contributed by atoms with E-state index in [0.29, 0.717) is 17.5 Å². The Labute approximate surface area is 391 Å². The van der Waals surface area contributed by atoms with Crippen molar-refractivity contribution < 1.29 is 0 Å². The van der Waals surface area contributed by atoms with Gasteiger partial charge in [0.15, 0.2) is 17.5 Å². The molecular weight excluding hydrogens is 827 g/mol. The first-order valence-corrected chi connectivity index (χ1v) is 23.1. The third-order valence-electron chi connectivity index (χ3n) is 13.7. The third-order valence-corrected chi connectivity index (χ3v) is 13.7. The summed E-state index contributed by atoms with van der Waals surface area (Å²) in [5.74, 6) is 1.93. The van der Waals surface area contributed by atoms with Gasteiger partial charge in [-0.1, -0.05) is 170 Å². The first-order chi connectivity index (χ1) is 33.7. The smallest absolute Gasteiger partial charge is 0.164 e. The molecule has 3 aromatic heterocycles. The van der Waals surface area contributed by atoms with Gasteiger partial charge in [-0.25, -0.2) is 15.0 Å². The second kappa shape index (κ2) is 15.2. The van der Waals surface area contributed by atoms with Gasteiger partial charge in [0.25, 0.3) is 0 Å². The first kappa shape index (κ1) is 38.1. The van der Waals surface area contributed by atoms with E-state index in [1.165, 1.54) is 76.0 Å². The van der Waals surface area contributed by atoms with Gasteiger partial charge in [-0.2, -0.15) is 0 Å². The Balaban J connectivity index is 0.885. The van der Waals surface area contributed by atoms with Crippen molar-refractivity contribution >= 4 is 75.9 Å². The van der Waals surface area contributed by atoms with Crippen molar-refractivity contribution in [1.29, 1.82) is 0 Å². The maximum absolute atomic E-state index is 4.99. The second-order valence-electron chi connectivity index (χ2n) is 17.6. The van der Waals surface area contributed by atoms with Gasteiger partial charge in [0, 0.05) is 49.6 Å². The highest BCUT2D eigenvalue weighted by Crippen LogP contribution is 2.41. The molecule has 0 aliphatic rings. The molecule has 0 amide bonds. The highest BCUT2D eigenvalue weighted by molar-refractivity contribution is 6.25. The number of fused-ring (bicyclic) bond motifs is 12. The maximum Gasteiger partial charge on any atom is 0.164 e. The molecule has 0 saturated carbocycles. The van der Waals surface area contributed by atoms with Gasteiger partial charge in [0.2, 0.25) is 0 Å². The molecule has 5 nitrogen and oxygen atoms in total. The van der Waals surface area contributed by atoms with Crippen LogP contribution < -0.4 is 0 Å². The second-order valence-corrected chi connectivity index (χ2v) is 17.6. The van der Waals surface area contributed by atoms with E-state index in [0.717, 1.165) is 39.1 Å². The van der Waals surface area contributed by atoms with Crippen molar-refractivity contribution in [3.05, 3.63) is 237 Å². The Morgan fingerprint density at radius 1 is 0.206 bits per heavy atom. The van der Waals surface area contributed by atoms with Crippen LogP contribution in [-0.2, 0) is 0 Å². The molecule has 316 valence electrons. The average Bonchev–Trinajstić information content (AvgIpc) is 3.93. The van der Waals surface area contributed by atoms with E-state index in [2.05, 4.69) is 185 Å². The van der Waals surface area contributed by atoms with Crippen molar-refractivity contribution in [2.24, 2.45) is 0 Å². The number of hydrogen-bond acceptors (Lipinski definition) is 3. The highest BCUT2D eigenvalue weighted by Gasteiger charge is 2.19. The molecule has 0 N–H and O–H groups in total. The molecule has 0 bridgehead atoms. The summed E-state index contributed by atoms with van der Waals surface area (Å²) < 4.78 is 4.82. The Kier molecular flexibility index (Phi) is 8.52. The fourth-order valence-corrected chi connectivity index (χ4v) is 10.6. The topological polar surface area (TPSA) is 48.5 Å². The maximum atomic E-state index is 4.99. The molecule has 68 heavy (non-hydrogen) atoms. The molecule has 0 atom stereocenters. The molecule has 0 spiro atoms. The van der Waals surface area contributed by atoms with Crippen LogP contribution in [0.3, 0.4) is 0 Å². The van der Waals surface area contributed by atoms with Gasteiger partial charge in [-0.05, 0) is 110 Å². The van der Waals surface area contributed by atoms with Crippen LogP contribution in [0, 0.1) is 0 Å². The summed E-state index contributed by atoms with van der Waals surface area (Å²) in [6.07, 6.45) is 0. The molecular formula is C63H39N5. The largest absolute Gasteiger partial charge is 0.309 e. The van der Waals surface area contributed by atoms with Crippen molar-refractivity contribution in [1.82, 2.24) is 24.1 Å². The summed E-state index contributed by atoms with van der Waals surface area (Å²) in [7, 11) is 0. The van der Waals surface area contributed by atoms with E-state index in [1.54, 1.807) is 0 Å². The molecule has 0 radical (unpaired) electrons. The first-order valence-electron chi connectivity index (χ1n) is 23.1. The molecule has 0 aliphatic carbocycles. The lowest BCUT2D eigenvalue weighted by molar-refractivity contribution is 1.07. The third kappa shape index (κ3) is 5.99. The predicted molar refractivity (Wildman–Crippen MR) is 283 cm³/mol. The van der Waals surface area contributed by atoms with Crippen LogP contribution >= 0.6 is 0 Å². The number of para-hydroxylation sites is 2. The van der Waals surface area contributed by atoms with Gasteiger partial charge in [0.05, 0.1) is 22.1 Å². The molecule has 0 fully saturated rings. The number of aromatic nitrogens is 5. The van der Waals surface area contributed by atoms with Gasteiger partial charge >= 0.3 is 0 Å². The molecule has 3 heterocycles. The SMILES string of the molecule is c1ccc(-c2nc(-c3ccccc3)nc(-c3ccc(-n4c5ccccc5c5cc(-c6ccc7c8ccccc8n(-c8ccc9c%10ccccc%10c%10ccccc%10c9c8)c7c6)ccc54)cc3)n2)cc1. The lowest BCUT2D eigenvalue weighted by Gasteiger charge is -2.14. The van der Waals surface area contributed by atoms with Gasteiger partial charge in [-0.15, -0.1) is 0 Å². The zero-order valence-corrected chi connectivity index (χ0v) is 36.8. The average molecular weight is 866 g/mol. The summed E-state index contributed by atoms with van der Waals surface area (Å²) in [4.78, 5) is 14.9. The van der Waals surface area contributed by atoms with Gasteiger partial charge < -0.3 is 9.13 Å². The minimum Gasteiger partial charge on any atom is -0.309 e. The van der Waals surface area contributed by atoms with Crippen molar-refractivity contribution in [3.63, 3.8) is 0 Å². The van der Waals surface area contributed by atoms with E-state index < -0.39 is 0 Å². The summed E-state index contributed by atoms with van der Waals surface area (Å²) in [6, 6.07) is 84.8. The Morgan fingerprint density at radius 3 is 1.16 bits per heavy atom. The monoisotopic (exact) mass is 865 g/mol. The lowest BCUT2D eigenvalue weighted by atomic mass is 9.94. The van der Waals surface area contributed by atoms with Crippen molar-refractivity contribution in [3.8, 4) is 56.7 Å². The standard InChI is InChI=1S/C63H39N5/c1-3-15-40(16-4-1)61-64-62(41-17-5-2-6-18-41)66-63(65-61)42-27-31-45(32-28-42)67-58-26-14-12-24-53(58)56-37-43(30-36-59(56)67)44-29-34-54-52-23-11-13-25-57(52)68(60(54)38-44)46-33-35-51-49-21-8-7-19-47(49)48-20-9-10-22-50(48)55(51)39-46/h1-39H. The quantitative estimate of drug-likeness (QED) is 0.156. The number of nitrogens with zero attached hydrogens (tertiary/aromatic N) is 5. The van der Waals surface area contributed by atoms with E-state index in [1.807, 2.05) is 60.7 Å². The highest BCUT2D eigenvalue weighted by atomic mass is 15.0. The van der Waals surface area contributed by atoms with Crippen LogP contribution in [0.25, 0.3) is 133 Å². The van der Waals surface area contributed by atoms with Crippen molar-refractivity contribution in [2.45, 2.75) is 0 Å². The lowest BCUT2D eigenvalue weighted by Crippen LogP contribution is -2.00. The summed E-state index contributed by atoms with van der Waals surface area (Å²) in [6.45, 7) is 0. The minimum absolute atomic E-state index is 0.634. The van der Waals surface area contributed by atoms with Crippen molar-refractivity contribution in [2.75, 3.05) is 0 Å². The zero-order chi connectivity index (χ0) is 44.7. The van der Waals surface area contributed by atoms with Crippen LogP contribution in [0.4, 0.5) is 0 Å². The zero-order valence-electron chi connectivity index (χ0n) is 36.8. The number of hydrogen-bond donors (Lipinski definition) is 0. The van der Waals surface area contributed by atoms with E-state index >= 15 is 0 Å². The molecule has 11 aromatic carbocycles. The van der Waals surface area contributed by atoms with Crippen LogP contribution in [0.15, 0.2) is 237 Å². The van der Waals surface area contributed by atoms with Crippen LogP contribution in [-0.4, -0.2) is 24.1 Å². The fraction of sp³-hybridized carbons (Fsp3) is 0. The summed E-state index contributed by atoms with van der Waals surface area (Å²) >= 11 is 0. The number of benzene rings is 11. The molecule has 0 saturated heterocycles. The predicted octanol–water partition coefficient (Wildman–Crippen LogP) is 16.2. The van der Waals surface area contributed by atoms with Crippen LogP contribution in [0.5, 0.6) is 0 Å². The molecule has 0 unspecified atom stereocenters. The molecule has 0 aliphatic heterocycles. The van der Waals surface area contributed by atoms with Crippen LogP contribution in [0.1, 0.15) is 0 Å². The molecule has 14 rings (SSSR count). The Bertz CT molecular complexity index is 4210. The normalized spacial score (nSPS) is 11.8. The summed E-state index contributed by atoms with van der Waals surface area (Å²) in [5.41, 5.74) is 12.0. The van der Waals surface area contributed by atoms with E-state index in [-0.39, 0.29) is 0 Å². The van der Waals surface area contributed by atoms with E-state index in [9.17, 15) is 0 Å². The fourth-order valence-electron chi connectivity index (χ4n) is 10.6. The van der Waals surface area contributed by atoms with Crippen LogP contribution in [0.2, 0.25) is 0 Å².